The van der Waals surface area contributed by atoms with Crippen molar-refractivity contribution in [1.29, 1.82) is 5.26 Å². The first kappa shape index (κ1) is 14.4. The quantitative estimate of drug-likeness (QED) is 0.655. The van der Waals surface area contributed by atoms with Crippen LogP contribution in [0, 0.1) is 11.3 Å². The van der Waals surface area contributed by atoms with E-state index in [0.29, 0.717) is 5.56 Å². The van der Waals surface area contributed by atoms with Gasteiger partial charge in [0.15, 0.2) is 11.5 Å². The van der Waals surface area contributed by atoms with Crippen LogP contribution in [0.25, 0.3) is 6.08 Å². The topological polar surface area (TPSA) is 79.5 Å². The van der Waals surface area contributed by atoms with Crippen LogP contribution in [0.2, 0.25) is 0 Å². The summed E-state index contributed by atoms with van der Waals surface area (Å²) in [4.78, 5) is 10.7. The van der Waals surface area contributed by atoms with Gasteiger partial charge in [0.1, 0.15) is 11.6 Å². The van der Waals surface area contributed by atoms with Crippen molar-refractivity contribution in [3.8, 4) is 17.6 Å². The molecule has 0 saturated heterocycles. The highest BCUT2D eigenvalue weighted by atomic mass is 19.3. The molecule has 0 saturated carbocycles. The molecule has 1 aromatic carbocycles. The van der Waals surface area contributed by atoms with Crippen LogP contribution < -0.4 is 9.47 Å². The summed E-state index contributed by atoms with van der Waals surface area (Å²) in [6, 6.07) is 5.33. The molecule has 0 unspecified atom stereocenters. The number of benzene rings is 1. The van der Waals surface area contributed by atoms with Crippen molar-refractivity contribution in [2.45, 2.75) is 6.61 Å². The van der Waals surface area contributed by atoms with Crippen LogP contribution in [0.1, 0.15) is 5.56 Å². The molecule has 1 rings (SSSR count). The summed E-state index contributed by atoms with van der Waals surface area (Å²) in [5, 5.41) is 17.3. The fraction of sp³-hybridized carbons (Fsp3) is 0.167. The lowest BCUT2D eigenvalue weighted by Crippen LogP contribution is -2.03. The van der Waals surface area contributed by atoms with E-state index in [1.165, 1.54) is 31.4 Å². The van der Waals surface area contributed by atoms with Gasteiger partial charge in [0.25, 0.3) is 0 Å². The highest BCUT2D eigenvalue weighted by Gasteiger charge is 2.12. The number of hydrogen-bond acceptors (Lipinski definition) is 4. The van der Waals surface area contributed by atoms with Crippen LogP contribution in [0.4, 0.5) is 8.78 Å². The highest BCUT2D eigenvalue weighted by Crippen LogP contribution is 2.30. The molecule has 0 aliphatic carbocycles. The van der Waals surface area contributed by atoms with Crippen LogP contribution >= 0.6 is 0 Å². The molecule has 1 aromatic rings. The van der Waals surface area contributed by atoms with E-state index in [1.807, 2.05) is 0 Å². The number of aliphatic carboxylic acids is 1. The van der Waals surface area contributed by atoms with Crippen molar-refractivity contribution >= 4 is 12.0 Å². The Hall–Kier alpha value is -2.62. The molecule has 0 heterocycles. The van der Waals surface area contributed by atoms with Crippen molar-refractivity contribution in [3.05, 3.63) is 29.3 Å². The number of alkyl halides is 2. The predicted octanol–water partition coefficient (Wildman–Crippen LogP) is 2.29. The smallest absolute Gasteiger partial charge is 0.387 e. The Labute approximate surface area is 107 Å². The second-order valence-electron chi connectivity index (χ2n) is 3.26. The first-order chi connectivity index (χ1) is 8.97. The van der Waals surface area contributed by atoms with Crippen molar-refractivity contribution in [2.24, 2.45) is 0 Å². The molecule has 100 valence electrons. The molecule has 0 aliphatic heterocycles. The molecular formula is C12H9F2NO4. The van der Waals surface area contributed by atoms with E-state index in [-0.39, 0.29) is 11.5 Å². The molecule has 0 atom stereocenters. The van der Waals surface area contributed by atoms with Crippen LogP contribution in [-0.2, 0) is 4.79 Å². The average Bonchev–Trinajstić information content (AvgIpc) is 2.36. The number of hydrogen-bond donors (Lipinski definition) is 1. The Morgan fingerprint density at radius 1 is 1.47 bits per heavy atom. The molecular weight excluding hydrogens is 260 g/mol. The van der Waals surface area contributed by atoms with Gasteiger partial charge in [0.2, 0.25) is 0 Å². The van der Waals surface area contributed by atoms with E-state index in [2.05, 4.69) is 4.74 Å². The van der Waals surface area contributed by atoms with Gasteiger partial charge in [-0.3, -0.25) is 0 Å². The number of nitrogens with zero attached hydrogens (tertiary/aromatic N) is 1. The normalized spacial score (nSPS) is 11.0. The number of methoxy groups -OCH3 is 1. The fourth-order valence-electron chi connectivity index (χ4n) is 1.28. The molecule has 5 nitrogen and oxygen atoms in total. The fourth-order valence-corrected chi connectivity index (χ4v) is 1.28. The van der Waals surface area contributed by atoms with Crippen molar-refractivity contribution in [1.82, 2.24) is 0 Å². The van der Waals surface area contributed by atoms with Crippen LogP contribution in [0.3, 0.4) is 0 Å². The first-order valence-corrected chi connectivity index (χ1v) is 4.96. The number of carboxylic acids is 1. The maximum absolute atomic E-state index is 12.1. The average molecular weight is 269 g/mol. The lowest BCUT2D eigenvalue weighted by atomic mass is 10.1. The summed E-state index contributed by atoms with van der Waals surface area (Å²) in [6.45, 7) is -3.00. The van der Waals surface area contributed by atoms with Gasteiger partial charge in [0, 0.05) is 0 Å². The van der Waals surface area contributed by atoms with Crippen molar-refractivity contribution < 1.29 is 28.2 Å². The largest absolute Gasteiger partial charge is 0.493 e. The monoisotopic (exact) mass is 269 g/mol. The maximum atomic E-state index is 12.1. The maximum Gasteiger partial charge on any atom is 0.387 e. The molecule has 0 bridgehead atoms. The summed E-state index contributed by atoms with van der Waals surface area (Å²) in [5.74, 6) is -1.55. The molecule has 0 aliphatic rings. The third kappa shape index (κ3) is 3.96. The number of ether oxygens (including phenoxy) is 2. The van der Waals surface area contributed by atoms with Gasteiger partial charge >= 0.3 is 12.6 Å². The number of nitriles is 1. The predicted molar refractivity (Wildman–Crippen MR) is 60.9 cm³/mol. The Morgan fingerprint density at radius 3 is 2.63 bits per heavy atom. The van der Waals surface area contributed by atoms with Crippen LogP contribution in [0.15, 0.2) is 23.8 Å². The molecule has 1 N–H and O–H groups in total. The number of halogens is 2. The van der Waals surface area contributed by atoms with Gasteiger partial charge in [-0.2, -0.15) is 14.0 Å². The lowest BCUT2D eigenvalue weighted by molar-refractivity contribution is -0.132. The molecule has 7 heteroatoms. The van der Waals surface area contributed by atoms with Gasteiger partial charge in [-0.1, -0.05) is 6.07 Å². The molecule has 19 heavy (non-hydrogen) atoms. The van der Waals surface area contributed by atoms with Crippen LogP contribution in [0.5, 0.6) is 11.5 Å². The van der Waals surface area contributed by atoms with Gasteiger partial charge in [-0.05, 0) is 23.8 Å². The third-order valence-corrected chi connectivity index (χ3v) is 2.07. The van der Waals surface area contributed by atoms with Gasteiger partial charge in [-0.15, -0.1) is 0 Å². The van der Waals surface area contributed by atoms with Crippen molar-refractivity contribution in [3.63, 3.8) is 0 Å². The minimum atomic E-state index is -3.00. The zero-order chi connectivity index (χ0) is 14.4. The molecule has 0 spiro atoms. The van der Waals surface area contributed by atoms with Crippen molar-refractivity contribution in [2.75, 3.05) is 7.11 Å². The Kier molecular flexibility index (Phi) is 4.83. The Morgan fingerprint density at radius 2 is 2.16 bits per heavy atom. The molecule has 0 amide bonds. The molecule has 0 fully saturated rings. The minimum Gasteiger partial charge on any atom is -0.493 e. The zero-order valence-corrected chi connectivity index (χ0v) is 9.76. The van der Waals surface area contributed by atoms with E-state index in [4.69, 9.17) is 15.1 Å². The number of rotatable bonds is 5. The van der Waals surface area contributed by atoms with E-state index in [1.54, 1.807) is 0 Å². The van der Waals surface area contributed by atoms with Gasteiger partial charge in [0.05, 0.1) is 7.11 Å². The van der Waals surface area contributed by atoms with Crippen LogP contribution in [-0.4, -0.2) is 24.8 Å². The number of carboxylic acid groups (broad SMARTS) is 1. The summed E-state index contributed by atoms with van der Waals surface area (Å²) >= 11 is 0. The third-order valence-electron chi connectivity index (χ3n) is 2.07. The van der Waals surface area contributed by atoms with E-state index < -0.39 is 18.2 Å². The first-order valence-electron chi connectivity index (χ1n) is 4.96. The summed E-state index contributed by atoms with van der Waals surface area (Å²) in [6.07, 6.45) is 1.09. The summed E-state index contributed by atoms with van der Waals surface area (Å²) in [5.41, 5.74) is -0.165. The highest BCUT2D eigenvalue weighted by molar-refractivity contribution is 5.96. The SMILES string of the molecule is COc1cc(/C=C(/C#N)C(=O)O)ccc1OC(F)F. The van der Waals surface area contributed by atoms with E-state index >= 15 is 0 Å². The molecule has 0 aromatic heterocycles. The van der Waals surface area contributed by atoms with Gasteiger partial charge in [-0.25, -0.2) is 4.79 Å². The summed E-state index contributed by atoms with van der Waals surface area (Å²) in [7, 11) is 1.25. The number of carbonyl (C=O) groups is 1. The minimum absolute atomic E-state index is 0.0109. The molecule has 0 radical (unpaired) electrons. The second kappa shape index (κ2) is 6.35. The van der Waals surface area contributed by atoms with Gasteiger partial charge < -0.3 is 14.6 Å². The Bertz CT molecular complexity index is 549. The Balaban J connectivity index is 3.14. The van der Waals surface area contributed by atoms with E-state index in [9.17, 15) is 13.6 Å². The summed E-state index contributed by atoms with van der Waals surface area (Å²) < 4.78 is 33.2. The van der Waals surface area contributed by atoms with E-state index in [0.717, 1.165) is 6.08 Å². The standard InChI is InChI=1S/C12H9F2NO4/c1-18-10-5-7(4-8(6-15)11(16)17)2-3-9(10)19-12(13)14/h2-5,12H,1H3,(H,16,17)/b8-4-. The zero-order valence-electron chi connectivity index (χ0n) is 9.76. The lowest BCUT2D eigenvalue weighted by Gasteiger charge is -2.10. The second-order valence-corrected chi connectivity index (χ2v) is 3.26.